The highest BCUT2D eigenvalue weighted by Crippen LogP contribution is 2.20. The number of rotatable bonds is 3. The number of nitrogens with zero attached hydrogens (tertiary/aromatic N) is 2. The van der Waals surface area contributed by atoms with E-state index in [1.54, 1.807) is 35.5 Å². The molecule has 0 radical (unpaired) electrons. The highest BCUT2D eigenvalue weighted by Gasteiger charge is 2.25. The normalized spacial score (nSPS) is 16.5. The van der Waals surface area contributed by atoms with Gasteiger partial charge in [-0.05, 0) is 44.4 Å². The van der Waals surface area contributed by atoms with Gasteiger partial charge in [0.15, 0.2) is 6.10 Å². The SMILES string of the molecule is C[C@H](OC(=O)c1ccc2ncsc2c1)C(=O)N1CCCCC1. The van der Waals surface area contributed by atoms with Crippen LogP contribution < -0.4 is 0 Å². The number of thiazole rings is 1. The molecule has 0 spiro atoms. The second-order valence-corrected chi connectivity index (χ2v) is 6.35. The number of amides is 1. The number of hydrogen-bond donors (Lipinski definition) is 0. The summed E-state index contributed by atoms with van der Waals surface area (Å²) in [6, 6.07) is 5.23. The fourth-order valence-electron chi connectivity index (χ4n) is 2.63. The van der Waals surface area contributed by atoms with Crippen molar-refractivity contribution in [3.05, 3.63) is 29.3 Å². The van der Waals surface area contributed by atoms with Crippen LogP contribution in [0.25, 0.3) is 10.2 Å². The van der Waals surface area contributed by atoms with Crippen LogP contribution in [0.2, 0.25) is 0 Å². The first-order valence-electron chi connectivity index (χ1n) is 7.48. The number of piperidine rings is 1. The van der Waals surface area contributed by atoms with E-state index in [-0.39, 0.29) is 5.91 Å². The Labute approximate surface area is 132 Å². The first kappa shape index (κ1) is 15.0. The standard InChI is InChI=1S/C16H18N2O3S/c1-11(15(19)18-7-3-2-4-8-18)21-16(20)12-5-6-13-14(9-12)22-10-17-13/h5-6,9-11H,2-4,7-8H2,1H3/t11-/m0/s1. The number of benzene rings is 1. The highest BCUT2D eigenvalue weighted by atomic mass is 32.1. The zero-order valence-corrected chi connectivity index (χ0v) is 13.3. The minimum absolute atomic E-state index is 0.105. The molecule has 0 unspecified atom stereocenters. The van der Waals surface area contributed by atoms with Gasteiger partial charge in [-0.1, -0.05) is 0 Å². The summed E-state index contributed by atoms with van der Waals surface area (Å²) in [5, 5.41) is 0. The third kappa shape index (κ3) is 3.11. The molecule has 2 aromatic rings. The number of hydrogen-bond acceptors (Lipinski definition) is 5. The Morgan fingerprint density at radius 2 is 2.05 bits per heavy atom. The van der Waals surface area contributed by atoms with Gasteiger partial charge in [-0.15, -0.1) is 11.3 Å². The minimum atomic E-state index is -0.747. The van der Waals surface area contributed by atoms with E-state index in [4.69, 9.17) is 4.74 Å². The van der Waals surface area contributed by atoms with E-state index in [0.717, 1.165) is 42.6 Å². The van der Waals surface area contributed by atoms with Crippen molar-refractivity contribution < 1.29 is 14.3 Å². The van der Waals surface area contributed by atoms with Crippen LogP contribution in [-0.2, 0) is 9.53 Å². The maximum absolute atomic E-state index is 12.3. The number of esters is 1. The lowest BCUT2D eigenvalue weighted by Crippen LogP contribution is -2.42. The Bertz CT molecular complexity index is 692. The fourth-order valence-corrected chi connectivity index (χ4v) is 3.35. The number of ether oxygens (including phenoxy) is 1. The molecule has 0 N–H and O–H groups in total. The molecule has 1 aliphatic heterocycles. The van der Waals surface area contributed by atoms with Crippen molar-refractivity contribution in [3.8, 4) is 0 Å². The molecule has 1 saturated heterocycles. The number of carbonyl (C=O) groups is 2. The molecule has 1 amide bonds. The molecule has 1 fully saturated rings. The van der Waals surface area contributed by atoms with E-state index < -0.39 is 12.1 Å². The van der Waals surface area contributed by atoms with Crippen molar-refractivity contribution in [2.24, 2.45) is 0 Å². The first-order chi connectivity index (χ1) is 10.6. The molecule has 2 heterocycles. The Morgan fingerprint density at radius 1 is 1.27 bits per heavy atom. The van der Waals surface area contributed by atoms with E-state index in [1.807, 2.05) is 0 Å². The Morgan fingerprint density at radius 3 is 2.82 bits per heavy atom. The van der Waals surface area contributed by atoms with E-state index in [9.17, 15) is 9.59 Å². The number of likely N-dealkylation sites (tertiary alicyclic amines) is 1. The summed E-state index contributed by atoms with van der Waals surface area (Å²) in [6.45, 7) is 3.15. The lowest BCUT2D eigenvalue weighted by molar-refractivity contribution is -0.140. The van der Waals surface area contributed by atoms with Crippen molar-refractivity contribution in [2.45, 2.75) is 32.3 Å². The average molecular weight is 318 g/mol. The maximum Gasteiger partial charge on any atom is 0.338 e. The summed E-state index contributed by atoms with van der Waals surface area (Å²) in [6.07, 6.45) is 2.46. The van der Waals surface area contributed by atoms with Gasteiger partial charge in [-0.3, -0.25) is 4.79 Å². The van der Waals surface area contributed by atoms with Gasteiger partial charge in [0, 0.05) is 13.1 Å². The van der Waals surface area contributed by atoms with Gasteiger partial charge in [0.2, 0.25) is 0 Å². The average Bonchev–Trinajstić information content (AvgIpc) is 3.02. The molecule has 0 aliphatic carbocycles. The lowest BCUT2D eigenvalue weighted by Gasteiger charge is -2.28. The second-order valence-electron chi connectivity index (χ2n) is 5.47. The summed E-state index contributed by atoms with van der Waals surface area (Å²) in [7, 11) is 0. The van der Waals surface area contributed by atoms with Gasteiger partial charge in [-0.25, -0.2) is 9.78 Å². The van der Waals surface area contributed by atoms with Crippen molar-refractivity contribution in [1.82, 2.24) is 9.88 Å². The van der Waals surface area contributed by atoms with Gasteiger partial charge in [-0.2, -0.15) is 0 Å². The highest BCUT2D eigenvalue weighted by molar-refractivity contribution is 7.16. The number of carbonyl (C=O) groups excluding carboxylic acids is 2. The molecular formula is C16H18N2O3S. The van der Waals surface area contributed by atoms with Gasteiger partial charge < -0.3 is 9.64 Å². The molecule has 22 heavy (non-hydrogen) atoms. The number of fused-ring (bicyclic) bond motifs is 1. The van der Waals surface area contributed by atoms with Gasteiger partial charge in [0.05, 0.1) is 21.3 Å². The van der Waals surface area contributed by atoms with Crippen molar-refractivity contribution >= 4 is 33.4 Å². The van der Waals surface area contributed by atoms with Crippen LogP contribution in [0.3, 0.4) is 0 Å². The number of aromatic nitrogens is 1. The largest absolute Gasteiger partial charge is 0.449 e. The molecule has 1 aromatic heterocycles. The van der Waals surface area contributed by atoms with Crippen LogP contribution in [0.15, 0.2) is 23.7 Å². The van der Waals surface area contributed by atoms with Crippen LogP contribution in [-0.4, -0.2) is 41.0 Å². The smallest absolute Gasteiger partial charge is 0.338 e. The Hall–Kier alpha value is -1.95. The van der Waals surface area contributed by atoms with E-state index in [2.05, 4.69) is 4.98 Å². The molecule has 3 rings (SSSR count). The van der Waals surface area contributed by atoms with Crippen molar-refractivity contribution in [2.75, 3.05) is 13.1 Å². The molecule has 5 nitrogen and oxygen atoms in total. The summed E-state index contributed by atoms with van der Waals surface area (Å²) in [4.78, 5) is 30.4. The third-order valence-corrected chi connectivity index (χ3v) is 4.66. The minimum Gasteiger partial charge on any atom is -0.449 e. The third-order valence-electron chi connectivity index (χ3n) is 3.87. The Balaban J connectivity index is 1.65. The fraction of sp³-hybridized carbons (Fsp3) is 0.438. The molecular weight excluding hydrogens is 300 g/mol. The van der Waals surface area contributed by atoms with Crippen LogP contribution in [0.5, 0.6) is 0 Å². The van der Waals surface area contributed by atoms with E-state index in [0.29, 0.717) is 5.56 Å². The summed E-state index contributed by atoms with van der Waals surface area (Å²) in [5.74, 6) is -0.569. The predicted octanol–water partition coefficient (Wildman–Crippen LogP) is 2.85. The molecule has 1 atom stereocenters. The van der Waals surface area contributed by atoms with Crippen molar-refractivity contribution in [3.63, 3.8) is 0 Å². The monoisotopic (exact) mass is 318 g/mol. The maximum atomic E-state index is 12.3. The Kier molecular flexibility index (Phi) is 4.38. The summed E-state index contributed by atoms with van der Waals surface area (Å²) < 4.78 is 6.27. The first-order valence-corrected chi connectivity index (χ1v) is 8.36. The van der Waals surface area contributed by atoms with E-state index >= 15 is 0 Å². The second kappa shape index (κ2) is 6.44. The van der Waals surface area contributed by atoms with E-state index in [1.165, 1.54) is 11.3 Å². The molecule has 0 bridgehead atoms. The molecule has 1 aliphatic rings. The van der Waals surface area contributed by atoms with Crippen LogP contribution in [0, 0.1) is 0 Å². The molecule has 1 aromatic carbocycles. The summed E-state index contributed by atoms with van der Waals surface area (Å²) in [5.41, 5.74) is 3.05. The zero-order chi connectivity index (χ0) is 15.5. The van der Waals surface area contributed by atoms with Gasteiger partial charge in [0.1, 0.15) is 0 Å². The molecule has 116 valence electrons. The van der Waals surface area contributed by atoms with Crippen LogP contribution in [0.1, 0.15) is 36.5 Å². The van der Waals surface area contributed by atoms with Crippen LogP contribution in [0.4, 0.5) is 0 Å². The molecule has 0 saturated carbocycles. The van der Waals surface area contributed by atoms with Crippen molar-refractivity contribution in [1.29, 1.82) is 0 Å². The van der Waals surface area contributed by atoms with Crippen LogP contribution >= 0.6 is 11.3 Å². The lowest BCUT2D eigenvalue weighted by atomic mass is 10.1. The quantitative estimate of drug-likeness (QED) is 0.817. The van der Waals surface area contributed by atoms with Gasteiger partial charge >= 0.3 is 5.97 Å². The van der Waals surface area contributed by atoms with Gasteiger partial charge in [0.25, 0.3) is 5.91 Å². The predicted molar refractivity (Wildman–Crippen MR) is 84.9 cm³/mol. The zero-order valence-electron chi connectivity index (χ0n) is 12.4. The topological polar surface area (TPSA) is 59.5 Å². The summed E-state index contributed by atoms with van der Waals surface area (Å²) >= 11 is 1.47. The molecule has 6 heteroatoms.